The fourth-order valence-electron chi connectivity index (χ4n) is 3.98. The first-order valence-electron chi connectivity index (χ1n) is 12.7. The lowest BCUT2D eigenvalue weighted by atomic mass is 9.98. The molecule has 0 aromatic rings. The second-order valence-electron chi connectivity index (χ2n) is 8.86. The van der Waals surface area contributed by atoms with Crippen molar-refractivity contribution in [2.75, 3.05) is 26.4 Å². The van der Waals surface area contributed by atoms with Crippen molar-refractivity contribution in [3.63, 3.8) is 0 Å². The molecule has 0 bridgehead atoms. The van der Waals surface area contributed by atoms with Gasteiger partial charge in [0.05, 0.1) is 25.9 Å². The third-order valence-electron chi connectivity index (χ3n) is 6.08. The molecule has 7 heteroatoms. The standard InChI is InChI=1S/C24H49NO6/c1-2-3-4-5-6-7-8-9-10-11-12-13-14-15-16-29-17-18-30-24-21(25)23(28)22(27)20(19-26)31-24/h20-24,26-28H,2-19,25H2,1H3/t20?,21?,22-,23?,24+/m0/s1. The molecule has 1 fully saturated rings. The average molecular weight is 448 g/mol. The highest BCUT2D eigenvalue weighted by Crippen LogP contribution is 2.20. The first kappa shape index (κ1) is 28.8. The van der Waals surface area contributed by atoms with Crippen molar-refractivity contribution in [2.24, 2.45) is 5.73 Å². The Morgan fingerprint density at radius 2 is 1.23 bits per heavy atom. The van der Waals surface area contributed by atoms with Gasteiger partial charge in [-0.3, -0.25) is 0 Å². The number of nitrogens with two attached hydrogens (primary N) is 1. The van der Waals surface area contributed by atoms with Gasteiger partial charge in [0.15, 0.2) is 6.29 Å². The van der Waals surface area contributed by atoms with E-state index in [2.05, 4.69) is 6.92 Å². The van der Waals surface area contributed by atoms with Crippen LogP contribution in [-0.4, -0.2) is 72.4 Å². The minimum absolute atomic E-state index is 0.290. The predicted octanol–water partition coefficient (Wildman–Crippen LogP) is 3.27. The molecule has 0 saturated carbocycles. The summed E-state index contributed by atoms with van der Waals surface area (Å²) in [6.45, 7) is 3.29. The van der Waals surface area contributed by atoms with Gasteiger partial charge in [-0.15, -0.1) is 0 Å². The highest BCUT2D eigenvalue weighted by atomic mass is 16.7. The number of ether oxygens (including phenoxy) is 3. The van der Waals surface area contributed by atoms with Crippen molar-refractivity contribution in [2.45, 2.75) is 127 Å². The van der Waals surface area contributed by atoms with E-state index in [9.17, 15) is 15.3 Å². The molecule has 1 rings (SSSR count). The quantitative estimate of drug-likeness (QED) is 0.212. The van der Waals surface area contributed by atoms with Crippen molar-refractivity contribution in [3.05, 3.63) is 0 Å². The summed E-state index contributed by atoms with van der Waals surface area (Å²) in [4.78, 5) is 0. The normalized spacial score (nSPS) is 26.4. The SMILES string of the molecule is CCCCCCCCCCCCCCCCOCCO[C@@H]1OC(CO)[C@H](O)C(O)C1N. The van der Waals surface area contributed by atoms with E-state index < -0.39 is 37.3 Å². The Morgan fingerprint density at radius 1 is 0.710 bits per heavy atom. The summed E-state index contributed by atoms with van der Waals surface area (Å²) in [7, 11) is 0. The summed E-state index contributed by atoms with van der Waals surface area (Å²) in [5.74, 6) is 0. The Labute approximate surface area is 189 Å². The van der Waals surface area contributed by atoms with Crippen LogP contribution in [0, 0.1) is 0 Å². The van der Waals surface area contributed by atoms with Crippen LogP contribution in [0.4, 0.5) is 0 Å². The zero-order valence-electron chi connectivity index (χ0n) is 19.8. The molecule has 0 amide bonds. The summed E-state index contributed by atoms with van der Waals surface area (Å²) in [5, 5.41) is 28.8. The number of aliphatic hydroxyl groups is 3. The molecule has 5 atom stereocenters. The van der Waals surface area contributed by atoms with E-state index in [1.54, 1.807) is 0 Å². The third kappa shape index (κ3) is 13.1. The van der Waals surface area contributed by atoms with Crippen molar-refractivity contribution >= 4 is 0 Å². The van der Waals surface area contributed by atoms with Crippen LogP contribution in [-0.2, 0) is 14.2 Å². The van der Waals surface area contributed by atoms with E-state index in [-0.39, 0.29) is 6.61 Å². The highest BCUT2D eigenvalue weighted by Gasteiger charge is 2.42. The van der Waals surface area contributed by atoms with Gasteiger partial charge in [0.1, 0.15) is 18.3 Å². The van der Waals surface area contributed by atoms with Gasteiger partial charge in [-0.2, -0.15) is 0 Å². The Bertz CT molecular complexity index is 398. The van der Waals surface area contributed by atoms with Crippen molar-refractivity contribution in [3.8, 4) is 0 Å². The lowest BCUT2D eigenvalue weighted by Crippen LogP contribution is -2.62. The molecule has 3 unspecified atom stereocenters. The first-order valence-corrected chi connectivity index (χ1v) is 12.7. The van der Waals surface area contributed by atoms with E-state index in [0.717, 1.165) is 6.42 Å². The largest absolute Gasteiger partial charge is 0.394 e. The van der Waals surface area contributed by atoms with E-state index in [4.69, 9.17) is 19.9 Å². The molecule has 0 aliphatic carbocycles. The lowest BCUT2D eigenvalue weighted by molar-refractivity contribution is -0.267. The Balaban J connectivity index is 1.84. The number of unbranched alkanes of at least 4 members (excludes halogenated alkanes) is 13. The molecule has 1 saturated heterocycles. The molecule has 1 aliphatic rings. The number of hydrogen-bond donors (Lipinski definition) is 4. The molecule has 186 valence electrons. The van der Waals surface area contributed by atoms with Gasteiger partial charge in [-0.1, -0.05) is 90.4 Å². The van der Waals surface area contributed by atoms with Crippen molar-refractivity contribution in [1.82, 2.24) is 0 Å². The molecule has 0 aromatic heterocycles. The predicted molar refractivity (Wildman–Crippen MR) is 123 cm³/mol. The first-order chi connectivity index (χ1) is 15.1. The van der Waals surface area contributed by atoms with Crippen LogP contribution < -0.4 is 5.73 Å². The van der Waals surface area contributed by atoms with Gasteiger partial charge >= 0.3 is 0 Å². The number of rotatable bonds is 20. The minimum atomic E-state index is -1.21. The summed E-state index contributed by atoms with van der Waals surface area (Å²) in [5.41, 5.74) is 5.82. The molecule has 0 spiro atoms. The fourth-order valence-corrected chi connectivity index (χ4v) is 3.98. The monoisotopic (exact) mass is 447 g/mol. The maximum atomic E-state index is 9.89. The van der Waals surface area contributed by atoms with Crippen molar-refractivity contribution < 1.29 is 29.5 Å². The number of aliphatic hydroxyl groups excluding tert-OH is 3. The van der Waals surface area contributed by atoms with E-state index in [1.165, 1.54) is 83.5 Å². The van der Waals surface area contributed by atoms with Gasteiger partial charge in [0.2, 0.25) is 0 Å². The third-order valence-corrected chi connectivity index (χ3v) is 6.08. The van der Waals surface area contributed by atoms with Crippen molar-refractivity contribution in [1.29, 1.82) is 0 Å². The molecular weight excluding hydrogens is 398 g/mol. The minimum Gasteiger partial charge on any atom is -0.394 e. The van der Waals surface area contributed by atoms with Gasteiger partial charge in [-0.05, 0) is 6.42 Å². The maximum absolute atomic E-state index is 9.89. The summed E-state index contributed by atoms with van der Waals surface area (Å²) in [6.07, 6.45) is 14.6. The molecule has 7 nitrogen and oxygen atoms in total. The van der Waals surface area contributed by atoms with Crippen LogP contribution >= 0.6 is 0 Å². The Morgan fingerprint density at radius 3 is 1.74 bits per heavy atom. The maximum Gasteiger partial charge on any atom is 0.175 e. The van der Waals surface area contributed by atoms with E-state index in [0.29, 0.717) is 13.2 Å². The van der Waals surface area contributed by atoms with E-state index in [1.807, 2.05) is 0 Å². The van der Waals surface area contributed by atoms with Crippen LogP contribution in [0.3, 0.4) is 0 Å². The van der Waals surface area contributed by atoms with E-state index >= 15 is 0 Å². The fraction of sp³-hybridized carbons (Fsp3) is 1.00. The lowest BCUT2D eigenvalue weighted by Gasteiger charge is -2.40. The van der Waals surface area contributed by atoms with Gasteiger partial charge < -0.3 is 35.3 Å². The van der Waals surface area contributed by atoms with Gasteiger partial charge in [0.25, 0.3) is 0 Å². The molecule has 31 heavy (non-hydrogen) atoms. The molecule has 0 aromatic carbocycles. The highest BCUT2D eigenvalue weighted by molar-refractivity contribution is 4.91. The zero-order chi connectivity index (χ0) is 22.7. The summed E-state index contributed by atoms with van der Waals surface area (Å²) < 4.78 is 16.5. The zero-order valence-corrected chi connectivity index (χ0v) is 19.8. The molecule has 5 N–H and O–H groups in total. The van der Waals surface area contributed by atoms with Crippen LogP contribution in [0.5, 0.6) is 0 Å². The topological polar surface area (TPSA) is 114 Å². The average Bonchev–Trinajstić information content (AvgIpc) is 2.78. The van der Waals surface area contributed by atoms with Crippen LogP contribution in [0.1, 0.15) is 96.8 Å². The second-order valence-corrected chi connectivity index (χ2v) is 8.86. The summed E-state index contributed by atoms with van der Waals surface area (Å²) in [6, 6.07) is -0.858. The Kier molecular flexibility index (Phi) is 17.8. The Hall–Kier alpha value is -0.280. The summed E-state index contributed by atoms with van der Waals surface area (Å²) >= 11 is 0. The molecule has 1 aliphatic heterocycles. The number of hydrogen-bond acceptors (Lipinski definition) is 7. The molecule has 0 radical (unpaired) electrons. The second kappa shape index (κ2) is 19.2. The van der Waals surface area contributed by atoms with Gasteiger partial charge in [0, 0.05) is 6.61 Å². The molecular formula is C24H49NO6. The molecule has 1 heterocycles. The van der Waals surface area contributed by atoms with Crippen LogP contribution in [0.2, 0.25) is 0 Å². The van der Waals surface area contributed by atoms with Crippen LogP contribution in [0.15, 0.2) is 0 Å². The smallest absolute Gasteiger partial charge is 0.175 e. The van der Waals surface area contributed by atoms with Gasteiger partial charge in [-0.25, -0.2) is 0 Å². The van der Waals surface area contributed by atoms with Crippen LogP contribution in [0.25, 0.3) is 0 Å².